The number of aromatic nitrogens is 1. The lowest BCUT2D eigenvalue weighted by Gasteiger charge is -2.23. The van der Waals surface area contributed by atoms with Gasteiger partial charge in [-0.2, -0.15) is 0 Å². The molecule has 9 heteroatoms. The summed E-state index contributed by atoms with van der Waals surface area (Å²) in [6, 6.07) is 15.1. The number of carbonyl (C=O) groups is 2. The zero-order chi connectivity index (χ0) is 25.1. The van der Waals surface area contributed by atoms with Crippen LogP contribution in [0.4, 0.5) is 9.52 Å². The number of thiazole rings is 1. The van der Waals surface area contributed by atoms with E-state index in [-0.39, 0.29) is 22.6 Å². The summed E-state index contributed by atoms with van der Waals surface area (Å²) in [7, 11) is 0. The highest BCUT2D eigenvalue weighted by Crippen LogP contribution is 2.45. The topological polar surface area (TPSA) is 79.7 Å². The van der Waals surface area contributed by atoms with Crippen molar-refractivity contribution in [2.24, 2.45) is 0 Å². The number of fused-ring (bicyclic) bond motifs is 2. The Hall–Kier alpha value is -3.75. The smallest absolute Gasteiger partial charge is 0.301 e. The molecule has 0 spiro atoms. The van der Waals surface area contributed by atoms with Crippen LogP contribution in [0.15, 0.2) is 66.2 Å². The zero-order valence-electron chi connectivity index (χ0n) is 18.9. The predicted octanol–water partition coefficient (Wildman–Crippen LogP) is 6.04. The van der Waals surface area contributed by atoms with Crippen LogP contribution < -0.4 is 9.64 Å². The molecule has 2 aliphatic rings. The Morgan fingerprint density at radius 1 is 1.14 bits per heavy atom. The molecule has 6 nitrogen and oxygen atoms in total. The zero-order valence-corrected chi connectivity index (χ0v) is 20.4. The van der Waals surface area contributed by atoms with E-state index in [4.69, 9.17) is 16.3 Å². The number of ether oxygens (including phenoxy) is 1. The summed E-state index contributed by atoms with van der Waals surface area (Å²) in [4.78, 5) is 32.5. The number of rotatable bonds is 3. The number of hydrogen-bond acceptors (Lipinski definition) is 6. The normalized spacial score (nSPS) is 20.7. The fraction of sp³-hybridized carbons (Fsp3) is 0.148. The Bertz CT molecular complexity index is 1600. The molecule has 4 aromatic rings. The summed E-state index contributed by atoms with van der Waals surface area (Å²) in [6.07, 6.45) is 0.689. The van der Waals surface area contributed by atoms with E-state index >= 15 is 0 Å². The van der Waals surface area contributed by atoms with Gasteiger partial charge in [0.1, 0.15) is 23.4 Å². The molecule has 1 aromatic heterocycles. The first-order valence-corrected chi connectivity index (χ1v) is 12.4. The Morgan fingerprint density at radius 3 is 2.69 bits per heavy atom. The average molecular weight is 521 g/mol. The van der Waals surface area contributed by atoms with Crippen LogP contribution in [0.2, 0.25) is 5.02 Å². The van der Waals surface area contributed by atoms with Crippen LogP contribution in [0, 0.1) is 5.82 Å². The van der Waals surface area contributed by atoms with Crippen molar-refractivity contribution < 1.29 is 23.8 Å². The third-order valence-electron chi connectivity index (χ3n) is 6.34. The molecule has 0 bridgehead atoms. The Balaban J connectivity index is 1.53. The Labute approximate surface area is 214 Å². The molecule has 0 aliphatic carbocycles. The summed E-state index contributed by atoms with van der Waals surface area (Å²) in [5.41, 5.74) is 2.34. The number of halogens is 2. The molecule has 180 valence electrons. The van der Waals surface area contributed by atoms with Crippen molar-refractivity contribution in [1.82, 2.24) is 4.98 Å². The molecule has 0 saturated carbocycles. The summed E-state index contributed by atoms with van der Waals surface area (Å²) in [6.45, 7) is 1.95. The number of nitrogens with zero attached hydrogens (tertiary/aromatic N) is 2. The SMILES string of the molecule is C[C@@H]1Cc2cc(/C(O)=C3\C(=O)C(=O)N(c4nc5ccc(F)cc5s4)[C@@H]3c3ccc(Cl)cc3)ccc2O1. The van der Waals surface area contributed by atoms with Crippen molar-refractivity contribution in [2.45, 2.75) is 25.5 Å². The minimum atomic E-state index is -0.948. The maximum absolute atomic E-state index is 13.8. The molecule has 3 heterocycles. The number of benzene rings is 3. The molecule has 1 N–H and O–H groups in total. The Kier molecular flexibility index (Phi) is 5.31. The van der Waals surface area contributed by atoms with E-state index in [0.717, 1.165) is 22.6 Å². The third-order valence-corrected chi connectivity index (χ3v) is 7.61. The largest absolute Gasteiger partial charge is 0.507 e. The molecular formula is C27H18ClFN2O4S. The number of aliphatic hydroxyl groups excluding tert-OH is 1. The standard InChI is InChI=1S/C27H18ClFN2O4S/c1-13-10-16-11-15(4-9-20(16)35-13)24(32)22-23(14-2-5-17(28)6-3-14)31(26(34)25(22)33)27-30-19-8-7-18(29)12-21(19)36-27/h2-9,11-13,23,32H,10H2,1H3/b24-22+/t13-,23-/m1/s1. The van der Waals surface area contributed by atoms with Gasteiger partial charge in [0.25, 0.3) is 5.78 Å². The van der Waals surface area contributed by atoms with E-state index in [9.17, 15) is 19.1 Å². The van der Waals surface area contributed by atoms with Gasteiger partial charge in [-0.05, 0) is 66.6 Å². The predicted molar refractivity (Wildman–Crippen MR) is 136 cm³/mol. The van der Waals surface area contributed by atoms with Crippen LogP contribution in [0.1, 0.15) is 29.7 Å². The van der Waals surface area contributed by atoms with Gasteiger partial charge in [0.15, 0.2) is 5.13 Å². The molecule has 6 rings (SSSR count). The number of amides is 1. The molecule has 0 radical (unpaired) electrons. The molecule has 2 aliphatic heterocycles. The van der Waals surface area contributed by atoms with Gasteiger partial charge < -0.3 is 9.84 Å². The molecule has 1 fully saturated rings. The molecule has 1 amide bonds. The van der Waals surface area contributed by atoms with Gasteiger partial charge in [0, 0.05) is 17.0 Å². The maximum Gasteiger partial charge on any atom is 0.301 e. The second-order valence-corrected chi connectivity index (χ2v) is 10.2. The summed E-state index contributed by atoms with van der Waals surface area (Å²) < 4.78 is 20.1. The van der Waals surface area contributed by atoms with Gasteiger partial charge >= 0.3 is 5.91 Å². The average Bonchev–Trinajstić information content (AvgIpc) is 3.51. The second-order valence-electron chi connectivity index (χ2n) is 8.78. The number of Topliss-reactive ketones (excluding diaryl/α,β-unsaturated/α-hetero) is 1. The summed E-state index contributed by atoms with van der Waals surface area (Å²) in [5, 5.41) is 12.1. The number of carbonyl (C=O) groups excluding carboxylic acids is 2. The van der Waals surface area contributed by atoms with Crippen LogP contribution in [0.5, 0.6) is 5.75 Å². The maximum atomic E-state index is 13.8. The molecular weight excluding hydrogens is 503 g/mol. The lowest BCUT2D eigenvalue weighted by molar-refractivity contribution is -0.132. The highest BCUT2D eigenvalue weighted by atomic mass is 35.5. The third kappa shape index (κ3) is 3.65. The highest BCUT2D eigenvalue weighted by molar-refractivity contribution is 7.22. The number of anilines is 1. The van der Waals surface area contributed by atoms with Gasteiger partial charge in [0.05, 0.1) is 21.8 Å². The highest BCUT2D eigenvalue weighted by Gasteiger charge is 2.48. The Morgan fingerprint density at radius 2 is 1.92 bits per heavy atom. The minimum Gasteiger partial charge on any atom is -0.507 e. The second kappa shape index (κ2) is 8.43. The number of ketones is 1. The van der Waals surface area contributed by atoms with E-state index in [1.165, 1.54) is 23.1 Å². The number of hydrogen-bond donors (Lipinski definition) is 1. The van der Waals surface area contributed by atoms with E-state index in [1.54, 1.807) is 42.5 Å². The molecule has 36 heavy (non-hydrogen) atoms. The monoisotopic (exact) mass is 520 g/mol. The molecule has 3 aromatic carbocycles. The quantitative estimate of drug-likeness (QED) is 0.202. The lowest BCUT2D eigenvalue weighted by Crippen LogP contribution is -2.29. The minimum absolute atomic E-state index is 0.0147. The van der Waals surface area contributed by atoms with E-state index in [2.05, 4.69) is 4.98 Å². The van der Waals surface area contributed by atoms with Crippen LogP contribution in [0.3, 0.4) is 0 Å². The van der Waals surface area contributed by atoms with Crippen molar-refractivity contribution in [1.29, 1.82) is 0 Å². The fourth-order valence-electron chi connectivity index (χ4n) is 4.70. The van der Waals surface area contributed by atoms with Crippen LogP contribution in [0.25, 0.3) is 16.0 Å². The van der Waals surface area contributed by atoms with Gasteiger partial charge in [0.2, 0.25) is 0 Å². The van der Waals surface area contributed by atoms with E-state index in [1.807, 2.05) is 6.92 Å². The lowest BCUT2D eigenvalue weighted by atomic mass is 9.94. The fourth-order valence-corrected chi connectivity index (χ4v) is 5.85. The van der Waals surface area contributed by atoms with Crippen molar-refractivity contribution >= 4 is 55.7 Å². The van der Waals surface area contributed by atoms with Gasteiger partial charge in [-0.3, -0.25) is 14.5 Å². The van der Waals surface area contributed by atoms with Gasteiger partial charge in [-0.1, -0.05) is 35.1 Å². The summed E-state index contributed by atoms with van der Waals surface area (Å²) in [5.74, 6) is -1.64. The molecule has 1 saturated heterocycles. The van der Waals surface area contributed by atoms with E-state index < -0.39 is 23.5 Å². The van der Waals surface area contributed by atoms with Gasteiger partial charge in [-0.25, -0.2) is 9.37 Å². The molecule has 2 atom stereocenters. The van der Waals surface area contributed by atoms with Crippen molar-refractivity contribution in [3.05, 3.63) is 93.8 Å². The first-order chi connectivity index (χ1) is 17.3. The van der Waals surface area contributed by atoms with Crippen molar-refractivity contribution in [3.63, 3.8) is 0 Å². The van der Waals surface area contributed by atoms with Crippen LogP contribution >= 0.6 is 22.9 Å². The van der Waals surface area contributed by atoms with Crippen molar-refractivity contribution in [2.75, 3.05) is 4.90 Å². The molecule has 0 unspecified atom stereocenters. The summed E-state index contributed by atoms with van der Waals surface area (Å²) >= 11 is 7.19. The van der Waals surface area contributed by atoms with Crippen molar-refractivity contribution in [3.8, 4) is 5.75 Å². The number of aliphatic hydroxyl groups is 1. The van der Waals surface area contributed by atoms with Crippen LogP contribution in [-0.4, -0.2) is 27.9 Å². The van der Waals surface area contributed by atoms with Crippen LogP contribution in [-0.2, 0) is 16.0 Å². The first kappa shape index (κ1) is 22.7. The van der Waals surface area contributed by atoms with E-state index in [0.29, 0.717) is 32.8 Å². The first-order valence-electron chi connectivity index (χ1n) is 11.2. The van der Waals surface area contributed by atoms with Gasteiger partial charge in [-0.15, -0.1) is 0 Å².